The van der Waals surface area contributed by atoms with E-state index in [0.29, 0.717) is 11.5 Å². The predicted molar refractivity (Wildman–Crippen MR) is 70.5 cm³/mol. The molecule has 4 heteroatoms. The molecule has 0 saturated carbocycles. The molecule has 2 rings (SSSR count). The minimum Gasteiger partial charge on any atom is -0.507 e. The Hall–Kier alpha value is -1.03. The Morgan fingerprint density at radius 3 is 2.88 bits per heavy atom. The van der Waals surface area contributed by atoms with E-state index < -0.39 is 0 Å². The molecule has 1 aromatic rings. The molecule has 0 radical (unpaired) electrons. The van der Waals surface area contributed by atoms with Gasteiger partial charge in [0.05, 0.1) is 5.56 Å². The molecule has 0 aromatic heterocycles. The fourth-order valence-corrected chi connectivity index (χ4v) is 3.29. The first-order valence-electron chi connectivity index (χ1n) is 5.80. The molecule has 1 aromatic carbocycles. The number of amides is 1. The van der Waals surface area contributed by atoms with E-state index in [1.165, 1.54) is 0 Å². The summed E-state index contributed by atoms with van der Waals surface area (Å²) in [5.74, 6) is 0.492. The van der Waals surface area contributed by atoms with Gasteiger partial charge in [-0.25, -0.2) is 0 Å². The summed E-state index contributed by atoms with van der Waals surface area (Å²) in [6.45, 7) is 2.93. The minimum absolute atomic E-state index is 0.0605. The van der Waals surface area contributed by atoms with Gasteiger partial charge in [-0.15, -0.1) is 0 Å². The molecule has 3 nitrogen and oxygen atoms in total. The van der Waals surface area contributed by atoms with Crippen molar-refractivity contribution >= 4 is 21.8 Å². The van der Waals surface area contributed by atoms with Crippen molar-refractivity contribution in [3.05, 3.63) is 29.8 Å². The Labute approximate surface area is 110 Å². The molecule has 1 aliphatic rings. The fraction of sp³-hybridized carbons (Fsp3) is 0.462. The van der Waals surface area contributed by atoms with Crippen LogP contribution in [0.2, 0.25) is 0 Å². The second-order valence-electron chi connectivity index (χ2n) is 4.50. The van der Waals surface area contributed by atoms with E-state index >= 15 is 0 Å². The summed E-state index contributed by atoms with van der Waals surface area (Å²) in [6.07, 6.45) is 1.02. The number of carbonyl (C=O) groups excluding carboxylic acids is 1. The van der Waals surface area contributed by atoms with Crippen LogP contribution in [0.1, 0.15) is 23.7 Å². The Balaban J connectivity index is 2.24. The average molecular weight is 298 g/mol. The van der Waals surface area contributed by atoms with E-state index in [-0.39, 0.29) is 17.7 Å². The molecule has 1 aliphatic heterocycles. The summed E-state index contributed by atoms with van der Waals surface area (Å²) in [6, 6.07) is 6.94. The van der Waals surface area contributed by atoms with Gasteiger partial charge in [0.25, 0.3) is 5.91 Å². The maximum absolute atomic E-state index is 12.3. The maximum Gasteiger partial charge on any atom is 0.257 e. The van der Waals surface area contributed by atoms with Crippen LogP contribution in [0.15, 0.2) is 24.3 Å². The predicted octanol–water partition coefficient (Wildman–Crippen LogP) is 2.64. The number of likely N-dealkylation sites (tertiary alicyclic amines) is 1. The van der Waals surface area contributed by atoms with Gasteiger partial charge in [-0.2, -0.15) is 0 Å². The van der Waals surface area contributed by atoms with Crippen LogP contribution < -0.4 is 0 Å². The molecule has 1 N–H and O–H groups in total. The number of phenolic OH excluding ortho intramolecular Hbond substituents is 1. The third-order valence-electron chi connectivity index (χ3n) is 3.44. The Kier molecular flexibility index (Phi) is 3.72. The lowest BCUT2D eigenvalue weighted by Crippen LogP contribution is -2.38. The summed E-state index contributed by atoms with van der Waals surface area (Å²) < 4.78 is 0. The third-order valence-corrected chi connectivity index (χ3v) is 4.10. The van der Waals surface area contributed by atoms with Crippen molar-refractivity contribution in [2.75, 3.05) is 11.9 Å². The number of alkyl halides is 1. The minimum atomic E-state index is -0.0723. The van der Waals surface area contributed by atoms with E-state index in [9.17, 15) is 9.90 Å². The van der Waals surface area contributed by atoms with Gasteiger partial charge >= 0.3 is 0 Å². The van der Waals surface area contributed by atoms with Gasteiger partial charge in [-0.05, 0) is 24.5 Å². The van der Waals surface area contributed by atoms with Gasteiger partial charge in [-0.1, -0.05) is 35.0 Å². The SMILES string of the molecule is CC1CCN(C(=O)c2ccccc2O)C1CBr. The van der Waals surface area contributed by atoms with Crippen molar-refractivity contribution in [1.82, 2.24) is 4.90 Å². The normalized spacial score (nSPS) is 24.0. The number of para-hydroxylation sites is 1. The molecule has 0 bridgehead atoms. The van der Waals surface area contributed by atoms with E-state index in [1.807, 2.05) is 4.90 Å². The van der Waals surface area contributed by atoms with Crippen LogP contribution in [0.4, 0.5) is 0 Å². The first-order chi connectivity index (χ1) is 8.15. The largest absolute Gasteiger partial charge is 0.507 e. The zero-order valence-corrected chi connectivity index (χ0v) is 11.4. The molecule has 1 saturated heterocycles. The van der Waals surface area contributed by atoms with Crippen molar-refractivity contribution in [3.8, 4) is 5.75 Å². The second kappa shape index (κ2) is 5.08. The first kappa shape index (κ1) is 12.4. The van der Waals surface area contributed by atoms with Gasteiger partial charge in [0.2, 0.25) is 0 Å². The van der Waals surface area contributed by atoms with Gasteiger partial charge in [0.15, 0.2) is 0 Å². The number of benzene rings is 1. The van der Waals surface area contributed by atoms with E-state index in [2.05, 4.69) is 22.9 Å². The standard InChI is InChI=1S/C13H16BrNO2/c1-9-6-7-15(11(9)8-14)13(17)10-4-2-3-5-12(10)16/h2-5,9,11,16H,6-8H2,1H3. The Morgan fingerprint density at radius 2 is 2.24 bits per heavy atom. The topological polar surface area (TPSA) is 40.5 Å². The van der Waals surface area contributed by atoms with Crippen LogP contribution in [-0.2, 0) is 0 Å². The molecule has 1 heterocycles. The number of rotatable bonds is 2. The van der Waals surface area contributed by atoms with Crippen molar-refractivity contribution in [3.63, 3.8) is 0 Å². The van der Waals surface area contributed by atoms with Crippen LogP contribution in [0, 0.1) is 5.92 Å². The average Bonchev–Trinajstić information content (AvgIpc) is 2.70. The molecule has 1 fully saturated rings. The number of nitrogens with zero attached hydrogens (tertiary/aromatic N) is 1. The summed E-state index contributed by atoms with van der Waals surface area (Å²) in [5, 5.41) is 10.5. The zero-order valence-electron chi connectivity index (χ0n) is 9.77. The number of carbonyl (C=O) groups is 1. The third kappa shape index (κ3) is 2.32. The van der Waals surface area contributed by atoms with E-state index in [1.54, 1.807) is 24.3 Å². The Morgan fingerprint density at radius 1 is 1.53 bits per heavy atom. The van der Waals surface area contributed by atoms with Gasteiger partial charge in [0.1, 0.15) is 5.75 Å². The number of hydrogen-bond donors (Lipinski definition) is 1. The highest BCUT2D eigenvalue weighted by Gasteiger charge is 2.34. The molecule has 92 valence electrons. The lowest BCUT2D eigenvalue weighted by molar-refractivity contribution is 0.0735. The van der Waals surface area contributed by atoms with Gasteiger partial charge in [-0.3, -0.25) is 4.79 Å². The van der Waals surface area contributed by atoms with Crippen LogP contribution in [-0.4, -0.2) is 33.8 Å². The molecule has 17 heavy (non-hydrogen) atoms. The molecular weight excluding hydrogens is 282 g/mol. The number of hydrogen-bond acceptors (Lipinski definition) is 2. The summed E-state index contributed by atoms with van der Waals surface area (Å²) in [4.78, 5) is 14.2. The summed E-state index contributed by atoms with van der Waals surface area (Å²) in [7, 11) is 0. The molecule has 0 spiro atoms. The lowest BCUT2D eigenvalue weighted by Gasteiger charge is -2.25. The molecule has 1 amide bonds. The van der Waals surface area contributed by atoms with Crippen LogP contribution in [0.5, 0.6) is 5.75 Å². The Bertz CT molecular complexity index is 422. The van der Waals surface area contributed by atoms with Gasteiger partial charge < -0.3 is 10.0 Å². The molecule has 0 aliphatic carbocycles. The number of halogens is 1. The zero-order chi connectivity index (χ0) is 12.4. The van der Waals surface area contributed by atoms with Crippen LogP contribution >= 0.6 is 15.9 Å². The highest BCUT2D eigenvalue weighted by molar-refractivity contribution is 9.09. The number of aromatic hydroxyl groups is 1. The molecule has 2 unspecified atom stereocenters. The highest BCUT2D eigenvalue weighted by atomic mass is 79.9. The summed E-state index contributed by atoms with van der Waals surface area (Å²) in [5.41, 5.74) is 0.396. The first-order valence-corrected chi connectivity index (χ1v) is 6.92. The maximum atomic E-state index is 12.3. The monoisotopic (exact) mass is 297 g/mol. The quantitative estimate of drug-likeness (QED) is 0.853. The van der Waals surface area contributed by atoms with Crippen molar-refractivity contribution in [1.29, 1.82) is 0 Å². The molecular formula is C13H16BrNO2. The fourth-order valence-electron chi connectivity index (χ4n) is 2.30. The second-order valence-corrected chi connectivity index (χ2v) is 5.15. The van der Waals surface area contributed by atoms with E-state index in [4.69, 9.17) is 0 Å². The van der Waals surface area contributed by atoms with Crippen molar-refractivity contribution in [2.45, 2.75) is 19.4 Å². The number of phenols is 1. The lowest BCUT2D eigenvalue weighted by atomic mass is 10.0. The van der Waals surface area contributed by atoms with E-state index in [0.717, 1.165) is 18.3 Å². The van der Waals surface area contributed by atoms with Crippen molar-refractivity contribution in [2.24, 2.45) is 5.92 Å². The summed E-state index contributed by atoms with van der Waals surface area (Å²) >= 11 is 3.46. The van der Waals surface area contributed by atoms with Gasteiger partial charge in [0, 0.05) is 17.9 Å². The molecule has 2 atom stereocenters. The smallest absolute Gasteiger partial charge is 0.257 e. The van der Waals surface area contributed by atoms with Crippen molar-refractivity contribution < 1.29 is 9.90 Å². The van der Waals surface area contributed by atoms with Crippen LogP contribution in [0.3, 0.4) is 0 Å². The highest BCUT2D eigenvalue weighted by Crippen LogP contribution is 2.28. The van der Waals surface area contributed by atoms with Crippen LogP contribution in [0.25, 0.3) is 0 Å².